The molecular weight excluding hydrogens is 482 g/mol. The SMILES string of the molecule is Cc1ccc(Nc2nccc(-c3ccc(OC4CCOCC4)c(N)c3)n2)cc1OCCCN1CCOCC1. The summed E-state index contributed by atoms with van der Waals surface area (Å²) in [5, 5.41) is 3.31. The molecule has 202 valence electrons. The molecule has 2 fully saturated rings. The van der Waals surface area contributed by atoms with Gasteiger partial charge in [-0.3, -0.25) is 4.90 Å². The van der Waals surface area contributed by atoms with Gasteiger partial charge in [0.1, 0.15) is 17.6 Å². The second-order valence-electron chi connectivity index (χ2n) is 9.71. The molecule has 2 aromatic carbocycles. The Balaban J connectivity index is 1.19. The fourth-order valence-corrected chi connectivity index (χ4v) is 4.63. The lowest BCUT2D eigenvalue weighted by Gasteiger charge is -2.26. The molecule has 0 saturated carbocycles. The Morgan fingerprint density at radius 1 is 1.00 bits per heavy atom. The molecule has 38 heavy (non-hydrogen) atoms. The Morgan fingerprint density at radius 3 is 2.63 bits per heavy atom. The number of nitrogens with two attached hydrogens (primary N) is 1. The first-order valence-electron chi connectivity index (χ1n) is 13.4. The van der Waals surface area contributed by atoms with Gasteiger partial charge in [-0.2, -0.15) is 0 Å². The Morgan fingerprint density at radius 2 is 1.82 bits per heavy atom. The molecule has 3 aromatic rings. The summed E-state index contributed by atoms with van der Waals surface area (Å²) in [6.45, 7) is 8.83. The summed E-state index contributed by atoms with van der Waals surface area (Å²) in [5.74, 6) is 2.07. The van der Waals surface area contributed by atoms with Crippen LogP contribution in [0.3, 0.4) is 0 Å². The largest absolute Gasteiger partial charge is 0.493 e. The Kier molecular flexibility index (Phi) is 8.90. The van der Waals surface area contributed by atoms with Gasteiger partial charge in [-0.1, -0.05) is 6.07 Å². The highest BCUT2D eigenvalue weighted by molar-refractivity contribution is 5.69. The molecule has 0 radical (unpaired) electrons. The number of nitrogen functional groups attached to an aromatic ring is 1. The van der Waals surface area contributed by atoms with Crippen molar-refractivity contribution < 1.29 is 18.9 Å². The summed E-state index contributed by atoms with van der Waals surface area (Å²) in [4.78, 5) is 11.5. The third-order valence-corrected chi connectivity index (χ3v) is 6.85. The standard InChI is InChI=1S/C29H37N5O4/c1-21-3-5-23(20-28(21)37-14-2-11-34-12-17-36-18-13-34)32-29-31-10-7-26(33-29)22-4-6-27(25(30)19-22)38-24-8-15-35-16-9-24/h3-7,10,19-20,24H,2,8-9,11-18,30H2,1H3,(H,31,32,33). The van der Waals surface area contributed by atoms with E-state index < -0.39 is 0 Å². The summed E-state index contributed by atoms with van der Waals surface area (Å²) < 4.78 is 23.0. The van der Waals surface area contributed by atoms with Gasteiger partial charge in [0, 0.05) is 56.0 Å². The van der Waals surface area contributed by atoms with Crippen LogP contribution in [0.1, 0.15) is 24.8 Å². The van der Waals surface area contributed by atoms with Crippen molar-refractivity contribution in [1.29, 1.82) is 0 Å². The zero-order valence-electron chi connectivity index (χ0n) is 22.0. The van der Waals surface area contributed by atoms with E-state index in [4.69, 9.17) is 29.7 Å². The van der Waals surface area contributed by atoms with E-state index in [0.29, 0.717) is 24.0 Å². The number of aromatic nitrogens is 2. The summed E-state index contributed by atoms with van der Waals surface area (Å²) >= 11 is 0. The number of nitrogens with zero attached hydrogens (tertiary/aromatic N) is 3. The second kappa shape index (κ2) is 12.9. The van der Waals surface area contributed by atoms with Crippen LogP contribution in [0, 0.1) is 6.92 Å². The summed E-state index contributed by atoms with van der Waals surface area (Å²) in [5.41, 5.74) is 10.6. The number of morpholine rings is 1. The number of rotatable bonds is 10. The molecule has 1 aromatic heterocycles. The fourth-order valence-electron chi connectivity index (χ4n) is 4.63. The molecule has 5 rings (SSSR count). The number of aryl methyl sites for hydroxylation is 1. The lowest BCUT2D eigenvalue weighted by Crippen LogP contribution is -2.37. The van der Waals surface area contributed by atoms with Gasteiger partial charge < -0.3 is 30.0 Å². The number of nitrogens with one attached hydrogen (secondary N) is 1. The van der Waals surface area contributed by atoms with Crippen LogP contribution >= 0.6 is 0 Å². The van der Waals surface area contributed by atoms with E-state index in [0.717, 1.165) is 93.6 Å². The van der Waals surface area contributed by atoms with Crippen LogP contribution in [-0.2, 0) is 9.47 Å². The number of hydrogen-bond acceptors (Lipinski definition) is 9. The topological polar surface area (TPSA) is 104 Å². The van der Waals surface area contributed by atoms with Crippen LogP contribution in [0.2, 0.25) is 0 Å². The van der Waals surface area contributed by atoms with Crippen LogP contribution in [-0.4, -0.2) is 73.6 Å². The molecular formula is C29H37N5O4. The Bertz CT molecular complexity index is 1200. The smallest absolute Gasteiger partial charge is 0.227 e. The molecule has 2 aliphatic rings. The maximum absolute atomic E-state index is 6.32. The molecule has 0 atom stereocenters. The van der Waals surface area contributed by atoms with E-state index >= 15 is 0 Å². The minimum Gasteiger partial charge on any atom is -0.493 e. The quantitative estimate of drug-likeness (QED) is 0.297. The van der Waals surface area contributed by atoms with Crippen molar-refractivity contribution in [1.82, 2.24) is 14.9 Å². The molecule has 0 unspecified atom stereocenters. The fraction of sp³-hybridized carbons (Fsp3) is 0.448. The molecule has 0 aliphatic carbocycles. The second-order valence-corrected chi connectivity index (χ2v) is 9.71. The van der Waals surface area contributed by atoms with E-state index in [1.807, 2.05) is 42.5 Å². The van der Waals surface area contributed by atoms with Gasteiger partial charge in [0.15, 0.2) is 0 Å². The maximum Gasteiger partial charge on any atom is 0.227 e. The number of hydrogen-bond donors (Lipinski definition) is 2. The number of ether oxygens (including phenoxy) is 4. The van der Waals surface area contributed by atoms with Crippen molar-refractivity contribution in [3.63, 3.8) is 0 Å². The van der Waals surface area contributed by atoms with Crippen molar-refractivity contribution in [3.05, 3.63) is 54.2 Å². The van der Waals surface area contributed by atoms with Crippen molar-refractivity contribution in [2.45, 2.75) is 32.3 Å². The van der Waals surface area contributed by atoms with E-state index in [-0.39, 0.29) is 6.10 Å². The maximum atomic E-state index is 6.32. The minimum atomic E-state index is 0.139. The van der Waals surface area contributed by atoms with Gasteiger partial charge in [-0.15, -0.1) is 0 Å². The lowest BCUT2D eigenvalue weighted by molar-refractivity contribution is 0.0259. The third-order valence-electron chi connectivity index (χ3n) is 6.85. The van der Waals surface area contributed by atoms with Gasteiger partial charge in [0.05, 0.1) is 44.4 Å². The molecule has 0 amide bonds. The van der Waals surface area contributed by atoms with Crippen LogP contribution < -0.4 is 20.5 Å². The van der Waals surface area contributed by atoms with E-state index in [9.17, 15) is 0 Å². The first-order valence-corrected chi connectivity index (χ1v) is 13.4. The lowest BCUT2D eigenvalue weighted by atomic mass is 10.1. The zero-order valence-corrected chi connectivity index (χ0v) is 22.0. The number of anilines is 3. The normalized spacial score (nSPS) is 16.8. The molecule has 9 heteroatoms. The molecule has 0 spiro atoms. The highest BCUT2D eigenvalue weighted by Gasteiger charge is 2.17. The van der Waals surface area contributed by atoms with Crippen molar-refractivity contribution in [2.24, 2.45) is 0 Å². The first-order chi connectivity index (χ1) is 18.6. The monoisotopic (exact) mass is 519 g/mol. The summed E-state index contributed by atoms with van der Waals surface area (Å²) in [6.07, 6.45) is 4.61. The highest BCUT2D eigenvalue weighted by Crippen LogP contribution is 2.30. The first kappa shape index (κ1) is 26.2. The average Bonchev–Trinajstić information content (AvgIpc) is 2.95. The number of benzene rings is 2. The zero-order chi connectivity index (χ0) is 26.2. The summed E-state index contributed by atoms with van der Waals surface area (Å²) in [6, 6.07) is 13.7. The van der Waals surface area contributed by atoms with Gasteiger partial charge in [0.25, 0.3) is 0 Å². The van der Waals surface area contributed by atoms with Gasteiger partial charge in [0.2, 0.25) is 5.95 Å². The minimum absolute atomic E-state index is 0.139. The highest BCUT2D eigenvalue weighted by atomic mass is 16.5. The van der Waals surface area contributed by atoms with Crippen molar-refractivity contribution in [3.8, 4) is 22.8 Å². The van der Waals surface area contributed by atoms with Gasteiger partial charge >= 0.3 is 0 Å². The average molecular weight is 520 g/mol. The van der Waals surface area contributed by atoms with Crippen LogP contribution in [0.25, 0.3) is 11.3 Å². The van der Waals surface area contributed by atoms with E-state index in [1.165, 1.54) is 0 Å². The predicted molar refractivity (Wildman–Crippen MR) is 148 cm³/mol. The predicted octanol–water partition coefficient (Wildman–Crippen LogP) is 4.44. The molecule has 0 bridgehead atoms. The Hall–Kier alpha value is -3.40. The van der Waals surface area contributed by atoms with Crippen LogP contribution in [0.4, 0.5) is 17.3 Å². The molecule has 2 aliphatic heterocycles. The van der Waals surface area contributed by atoms with Crippen LogP contribution in [0.15, 0.2) is 48.7 Å². The third kappa shape index (κ3) is 7.12. The van der Waals surface area contributed by atoms with Crippen molar-refractivity contribution >= 4 is 17.3 Å². The molecule has 9 nitrogen and oxygen atoms in total. The van der Waals surface area contributed by atoms with Crippen LogP contribution in [0.5, 0.6) is 11.5 Å². The van der Waals surface area contributed by atoms with E-state index in [1.54, 1.807) is 6.20 Å². The summed E-state index contributed by atoms with van der Waals surface area (Å²) in [7, 11) is 0. The van der Waals surface area contributed by atoms with Gasteiger partial charge in [-0.25, -0.2) is 9.97 Å². The molecule has 3 N–H and O–H groups in total. The Labute approximate surface area is 224 Å². The molecule has 3 heterocycles. The molecule has 2 saturated heterocycles. The van der Waals surface area contributed by atoms with E-state index in [2.05, 4.69) is 22.1 Å². The van der Waals surface area contributed by atoms with Gasteiger partial charge in [-0.05, 0) is 49.2 Å². The van der Waals surface area contributed by atoms with Crippen molar-refractivity contribution in [2.75, 3.05) is 63.7 Å².